The molecular formula is C19H22N2O6. The first-order chi connectivity index (χ1) is 12.8. The van der Waals surface area contributed by atoms with Crippen molar-refractivity contribution in [2.24, 2.45) is 0 Å². The van der Waals surface area contributed by atoms with Crippen LogP contribution in [-0.4, -0.2) is 32.2 Å². The Hall–Kier alpha value is -3.29. The van der Waals surface area contributed by atoms with Gasteiger partial charge in [-0.1, -0.05) is 29.8 Å². The highest BCUT2D eigenvalue weighted by molar-refractivity contribution is 6.00. The number of aryl methyl sites for hydroxylation is 1. The molecule has 0 aliphatic heterocycles. The van der Waals surface area contributed by atoms with Gasteiger partial charge in [-0.15, -0.1) is 0 Å². The van der Waals surface area contributed by atoms with Gasteiger partial charge in [0.15, 0.2) is 5.75 Å². The number of nitro benzene ring substituents is 1. The van der Waals surface area contributed by atoms with Crippen molar-refractivity contribution in [3.05, 3.63) is 57.1 Å². The van der Waals surface area contributed by atoms with Crippen molar-refractivity contribution in [3.8, 4) is 17.2 Å². The van der Waals surface area contributed by atoms with Crippen LogP contribution in [0.4, 0.5) is 5.69 Å². The molecule has 8 heteroatoms. The van der Waals surface area contributed by atoms with Gasteiger partial charge >= 0.3 is 5.69 Å². The molecule has 0 radical (unpaired) electrons. The number of nitrogens with zero attached hydrogens (tertiary/aromatic N) is 1. The van der Waals surface area contributed by atoms with Crippen LogP contribution >= 0.6 is 0 Å². The van der Waals surface area contributed by atoms with Crippen molar-refractivity contribution in [2.75, 3.05) is 21.3 Å². The maximum absolute atomic E-state index is 12.8. The summed E-state index contributed by atoms with van der Waals surface area (Å²) in [6, 6.07) is 8.57. The predicted octanol–water partition coefficient (Wildman–Crippen LogP) is 3.42. The highest BCUT2D eigenvalue weighted by atomic mass is 16.6. The highest BCUT2D eigenvalue weighted by Gasteiger charge is 2.32. The summed E-state index contributed by atoms with van der Waals surface area (Å²) in [6.45, 7) is 3.76. The fourth-order valence-corrected chi connectivity index (χ4v) is 2.71. The lowest BCUT2D eigenvalue weighted by Gasteiger charge is -2.17. The Morgan fingerprint density at radius 3 is 2.15 bits per heavy atom. The molecule has 0 aromatic heterocycles. The summed E-state index contributed by atoms with van der Waals surface area (Å²) in [7, 11) is 3.98. The van der Waals surface area contributed by atoms with Crippen LogP contribution in [0.15, 0.2) is 30.3 Å². The Bertz CT molecular complexity index is 848. The Labute approximate surface area is 157 Å². The van der Waals surface area contributed by atoms with E-state index < -0.39 is 16.5 Å². The Morgan fingerprint density at radius 2 is 1.67 bits per heavy atom. The van der Waals surface area contributed by atoms with E-state index in [0.717, 1.165) is 11.1 Å². The van der Waals surface area contributed by atoms with Gasteiger partial charge in [-0.05, 0) is 19.4 Å². The number of hydrogen-bond acceptors (Lipinski definition) is 6. The van der Waals surface area contributed by atoms with Crippen LogP contribution in [-0.2, 0) is 0 Å². The number of rotatable bonds is 7. The average Bonchev–Trinajstić information content (AvgIpc) is 2.66. The lowest BCUT2D eigenvalue weighted by molar-refractivity contribution is -0.386. The van der Waals surface area contributed by atoms with Crippen molar-refractivity contribution in [1.29, 1.82) is 0 Å². The van der Waals surface area contributed by atoms with Crippen LogP contribution in [0.2, 0.25) is 0 Å². The summed E-state index contributed by atoms with van der Waals surface area (Å²) >= 11 is 0. The molecule has 1 amide bonds. The normalized spacial score (nSPS) is 11.4. The van der Waals surface area contributed by atoms with Crippen LogP contribution in [0.1, 0.15) is 34.5 Å². The molecule has 0 aliphatic carbocycles. The minimum Gasteiger partial charge on any atom is -0.493 e. The van der Waals surface area contributed by atoms with E-state index in [2.05, 4.69) is 5.32 Å². The zero-order chi connectivity index (χ0) is 20.1. The largest absolute Gasteiger partial charge is 0.493 e. The topological polar surface area (TPSA) is 99.9 Å². The molecule has 2 rings (SSSR count). The SMILES string of the molecule is COc1cc(C(=O)NC(C)c2ccc(C)cc2)c([N+](=O)[O-])c(OC)c1OC. The van der Waals surface area contributed by atoms with Gasteiger partial charge < -0.3 is 19.5 Å². The summed E-state index contributed by atoms with van der Waals surface area (Å²) < 4.78 is 15.5. The lowest BCUT2D eigenvalue weighted by atomic mass is 10.0. The van der Waals surface area contributed by atoms with Gasteiger partial charge in [-0.25, -0.2) is 0 Å². The van der Waals surface area contributed by atoms with Gasteiger partial charge in [0, 0.05) is 6.07 Å². The van der Waals surface area contributed by atoms with Gasteiger partial charge in [0.2, 0.25) is 11.5 Å². The molecule has 0 spiro atoms. The highest BCUT2D eigenvalue weighted by Crippen LogP contribution is 2.46. The van der Waals surface area contributed by atoms with E-state index in [1.807, 2.05) is 31.2 Å². The van der Waals surface area contributed by atoms with Crippen LogP contribution < -0.4 is 19.5 Å². The number of carbonyl (C=O) groups is 1. The quantitative estimate of drug-likeness (QED) is 0.589. The number of hydrogen-bond donors (Lipinski definition) is 1. The van der Waals surface area contributed by atoms with Crippen molar-refractivity contribution < 1.29 is 23.9 Å². The van der Waals surface area contributed by atoms with E-state index in [1.54, 1.807) is 6.92 Å². The summed E-state index contributed by atoms with van der Waals surface area (Å²) in [5, 5.41) is 14.4. The number of nitro groups is 1. The van der Waals surface area contributed by atoms with Gasteiger partial charge in [0.1, 0.15) is 5.56 Å². The van der Waals surface area contributed by atoms with Gasteiger partial charge in [0.25, 0.3) is 5.91 Å². The van der Waals surface area contributed by atoms with Gasteiger partial charge in [-0.3, -0.25) is 14.9 Å². The van der Waals surface area contributed by atoms with Crippen molar-refractivity contribution >= 4 is 11.6 Å². The first-order valence-electron chi connectivity index (χ1n) is 8.18. The number of carbonyl (C=O) groups excluding carboxylic acids is 1. The molecule has 0 fully saturated rings. The number of amides is 1. The molecule has 0 aliphatic rings. The zero-order valence-electron chi connectivity index (χ0n) is 15.9. The standard InChI is InChI=1S/C19H22N2O6/c1-11-6-8-13(9-7-11)12(2)20-19(22)14-10-15(25-3)17(26-4)18(27-5)16(14)21(23)24/h6-10,12H,1-5H3,(H,20,22). The minimum absolute atomic E-state index is 0.0508. The van der Waals surface area contributed by atoms with Crippen molar-refractivity contribution in [3.63, 3.8) is 0 Å². The first-order valence-corrected chi connectivity index (χ1v) is 8.18. The van der Waals surface area contributed by atoms with Gasteiger partial charge in [0.05, 0.1) is 32.3 Å². The molecule has 1 atom stereocenters. The molecule has 2 aromatic carbocycles. The van der Waals surface area contributed by atoms with E-state index >= 15 is 0 Å². The summed E-state index contributed by atoms with van der Waals surface area (Å²) in [5.41, 5.74) is 1.32. The lowest BCUT2D eigenvalue weighted by Crippen LogP contribution is -2.27. The summed E-state index contributed by atoms with van der Waals surface area (Å²) in [6.07, 6.45) is 0. The molecule has 144 valence electrons. The number of benzene rings is 2. The van der Waals surface area contributed by atoms with Crippen LogP contribution in [0, 0.1) is 17.0 Å². The fourth-order valence-electron chi connectivity index (χ4n) is 2.71. The van der Waals surface area contributed by atoms with Gasteiger partial charge in [-0.2, -0.15) is 0 Å². The molecule has 0 bridgehead atoms. The maximum Gasteiger partial charge on any atom is 0.327 e. The number of ether oxygens (including phenoxy) is 3. The number of methoxy groups -OCH3 is 3. The third kappa shape index (κ3) is 4.11. The van der Waals surface area contributed by atoms with Crippen LogP contribution in [0.25, 0.3) is 0 Å². The van der Waals surface area contributed by atoms with Crippen molar-refractivity contribution in [2.45, 2.75) is 19.9 Å². The minimum atomic E-state index is -0.674. The second kappa shape index (κ2) is 8.39. The number of nitrogens with one attached hydrogen (secondary N) is 1. The molecule has 2 aromatic rings. The van der Waals surface area contributed by atoms with Crippen LogP contribution in [0.3, 0.4) is 0 Å². The third-order valence-electron chi connectivity index (χ3n) is 4.16. The van der Waals surface area contributed by atoms with E-state index in [1.165, 1.54) is 27.4 Å². The third-order valence-corrected chi connectivity index (χ3v) is 4.16. The van der Waals surface area contributed by atoms with Crippen molar-refractivity contribution in [1.82, 2.24) is 5.32 Å². The fraction of sp³-hybridized carbons (Fsp3) is 0.316. The zero-order valence-corrected chi connectivity index (χ0v) is 15.9. The second-order valence-corrected chi connectivity index (χ2v) is 5.90. The van der Waals surface area contributed by atoms with E-state index in [-0.39, 0.29) is 28.9 Å². The Morgan fingerprint density at radius 1 is 1.07 bits per heavy atom. The van der Waals surface area contributed by atoms with E-state index in [4.69, 9.17) is 14.2 Å². The molecule has 27 heavy (non-hydrogen) atoms. The predicted molar refractivity (Wildman–Crippen MR) is 99.8 cm³/mol. The molecule has 0 saturated carbocycles. The molecule has 1 N–H and O–H groups in total. The summed E-state index contributed by atoms with van der Waals surface area (Å²) in [4.78, 5) is 23.7. The molecule has 0 heterocycles. The van der Waals surface area contributed by atoms with E-state index in [0.29, 0.717) is 0 Å². The smallest absolute Gasteiger partial charge is 0.327 e. The average molecular weight is 374 g/mol. The molecule has 0 saturated heterocycles. The molecule has 8 nitrogen and oxygen atoms in total. The second-order valence-electron chi connectivity index (χ2n) is 5.90. The Kier molecular flexibility index (Phi) is 6.23. The van der Waals surface area contributed by atoms with Crippen LogP contribution in [0.5, 0.6) is 17.2 Å². The van der Waals surface area contributed by atoms with E-state index in [9.17, 15) is 14.9 Å². The monoisotopic (exact) mass is 374 g/mol. The first kappa shape index (κ1) is 20.0. The maximum atomic E-state index is 12.8. The summed E-state index contributed by atoms with van der Waals surface area (Å²) in [5.74, 6) is -0.577. The Balaban J connectivity index is 2.47. The molecular weight excluding hydrogens is 352 g/mol. The molecule has 1 unspecified atom stereocenters.